The highest BCUT2D eigenvalue weighted by Crippen LogP contribution is 2.31. The van der Waals surface area contributed by atoms with Crippen LogP contribution in [0.4, 0.5) is 11.5 Å². The summed E-state index contributed by atoms with van der Waals surface area (Å²) in [6, 6.07) is 8.46. The second-order valence-corrected chi connectivity index (χ2v) is 6.34. The lowest BCUT2D eigenvalue weighted by atomic mass is 10.1. The van der Waals surface area contributed by atoms with Gasteiger partial charge in [-0.2, -0.15) is 0 Å². The average molecular weight is 300 g/mol. The van der Waals surface area contributed by atoms with Crippen molar-refractivity contribution in [3.63, 3.8) is 0 Å². The van der Waals surface area contributed by atoms with Crippen LogP contribution >= 0.6 is 11.3 Å². The lowest BCUT2D eigenvalue weighted by molar-refractivity contribution is 0.717. The van der Waals surface area contributed by atoms with Crippen molar-refractivity contribution in [2.24, 2.45) is 5.73 Å². The summed E-state index contributed by atoms with van der Waals surface area (Å²) in [5, 5.41) is 2.06. The molecule has 2 N–H and O–H groups in total. The predicted octanol–water partition coefficient (Wildman–Crippen LogP) is 3.36. The Kier molecular flexibility index (Phi) is 3.69. The molecule has 0 amide bonds. The molecular weight excluding hydrogens is 280 g/mol. The number of benzene rings is 1. The first-order chi connectivity index (χ1) is 10.1. The minimum absolute atomic E-state index is 0.105. The van der Waals surface area contributed by atoms with Gasteiger partial charge in [0.25, 0.3) is 0 Å². The topological polar surface area (TPSA) is 46.6 Å². The van der Waals surface area contributed by atoms with Crippen LogP contribution in [0.25, 0.3) is 4.96 Å². The van der Waals surface area contributed by atoms with E-state index in [9.17, 15) is 0 Å². The van der Waals surface area contributed by atoms with Crippen molar-refractivity contribution in [2.45, 2.75) is 26.3 Å². The Morgan fingerprint density at radius 3 is 2.86 bits per heavy atom. The van der Waals surface area contributed by atoms with Gasteiger partial charge in [-0.3, -0.25) is 4.40 Å². The Morgan fingerprint density at radius 2 is 2.14 bits per heavy atom. The van der Waals surface area contributed by atoms with Crippen LogP contribution in [0.1, 0.15) is 18.2 Å². The number of imidazole rings is 1. The quantitative estimate of drug-likeness (QED) is 0.803. The molecule has 0 spiro atoms. The van der Waals surface area contributed by atoms with E-state index in [0.29, 0.717) is 0 Å². The van der Waals surface area contributed by atoms with Crippen molar-refractivity contribution in [2.75, 3.05) is 11.9 Å². The van der Waals surface area contributed by atoms with E-state index in [0.717, 1.165) is 17.2 Å². The van der Waals surface area contributed by atoms with Crippen LogP contribution in [0, 0.1) is 6.92 Å². The van der Waals surface area contributed by atoms with Gasteiger partial charge >= 0.3 is 0 Å². The van der Waals surface area contributed by atoms with Crippen molar-refractivity contribution < 1.29 is 0 Å². The first-order valence-corrected chi connectivity index (χ1v) is 7.95. The van der Waals surface area contributed by atoms with Gasteiger partial charge < -0.3 is 10.6 Å². The summed E-state index contributed by atoms with van der Waals surface area (Å²) in [7, 11) is 2.07. The largest absolute Gasteiger partial charge is 0.328 e. The summed E-state index contributed by atoms with van der Waals surface area (Å²) in [6.07, 6.45) is 2.88. The van der Waals surface area contributed by atoms with Gasteiger partial charge in [-0.1, -0.05) is 18.2 Å². The molecule has 2 aromatic heterocycles. The minimum atomic E-state index is 0.105. The van der Waals surface area contributed by atoms with Crippen LogP contribution < -0.4 is 10.6 Å². The molecule has 1 unspecified atom stereocenters. The highest BCUT2D eigenvalue weighted by atomic mass is 32.1. The Labute approximate surface area is 128 Å². The van der Waals surface area contributed by atoms with E-state index in [1.54, 1.807) is 11.3 Å². The van der Waals surface area contributed by atoms with Gasteiger partial charge in [-0.25, -0.2) is 4.98 Å². The summed E-state index contributed by atoms with van der Waals surface area (Å²) in [6.45, 7) is 4.15. The molecule has 0 fully saturated rings. The summed E-state index contributed by atoms with van der Waals surface area (Å²) in [5.74, 6) is 0.994. The maximum Gasteiger partial charge on any atom is 0.195 e. The molecule has 1 aromatic carbocycles. The van der Waals surface area contributed by atoms with Gasteiger partial charge in [0, 0.05) is 36.8 Å². The van der Waals surface area contributed by atoms with Crippen molar-refractivity contribution in [1.29, 1.82) is 0 Å². The number of aryl methyl sites for hydroxylation is 1. The number of nitrogens with zero attached hydrogens (tertiary/aromatic N) is 3. The predicted molar refractivity (Wildman–Crippen MR) is 89.7 cm³/mol. The molecule has 2 heterocycles. The smallest absolute Gasteiger partial charge is 0.195 e. The summed E-state index contributed by atoms with van der Waals surface area (Å²) >= 11 is 1.65. The van der Waals surface area contributed by atoms with Crippen LogP contribution in [0.15, 0.2) is 35.8 Å². The average Bonchev–Trinajstić information content (AvgIpc) is 3.01. The van der Waals surface area contributed by atoms with E-state index in [1.165, 1.54) is 16.9 Å². The Morgan fingerprint density at radius 1 is 1.38 bits per heavy atom. The highest BCUT2D eigenvalue weighted by molar-refractivity contribution is 7.15. The molecule has 3 aromatic rings. The van der Waals surface area contributed by atoms with E-state index < -0.39 is 0 Å². The third-order valence-electron chi connectivity index (χ3n) is 3.65. The maximum atomic E-state index is 6.02. The van der Waals surface area contributed by atoms with E-state index >= 15 is 0 Å². The fraction of sp³-hybridized carbons (Fsp3) is 0.312. The van der Waals surface area contributed by atoms with E-state index in [-0.39, 0.29) is 6.04 Å². The molecule has 0 aliphatic rings. The van der Waals surface area contributed by atoms with Crippen LogP contribution in [0.5, 0.6) is 0 Å². The van der Waals surface area contributed by atoms with Gasteiger partial charge in [0.15, 0.2) is 10.8 Å². The summed E-state index contributed by atoms with van der Waals surface area (Å²) in [4.78, 5) is 7.97. The Bertz CT molecular complexity index is 757. The summed E-state index contributed by atoms with van der Waals surface area (Å²) < 4.78 is 2.15. The zero-order valence-electron chi connectivity index (χ0n) is 12.6. The molecule has 0 saturated heterocycles. The molecule has 21 heavy (non-hydrogen) atoms. The highest BCUT2D eigenvalue weighted by Gasteiger charge is 2.19. The second kappa shape index (κ2) is 5.50. The molecule has 0 saturated carbocycles. The number of aromatic nitrogens is 2. The maximum absolute atomic E-state index is 6.02. The van der Waals surface area contributed by atoms with Crippen molar-refractivity contribution in [1.82, 2.24) is 9.38 Å². The number of hydrogen-bond donors (Lipinski definition) is 1. The normalized spacial score (nSPS) is 12.8. The number of para-hydroxylation sites is 1. The standard InChI is InChI=1S/C16H20N4S/c1-11-6-4-5-7-13(11)19(3)15-14(10-12(2)17)20-8-9-21-16(20)18-15/h4-9,12H,10,17H2,1-3H3. The molecule has 4 nitrogen and oxygen atoms in total. The number of anilines is 2. The number of fused-ring (bicyclic) bond motifs is 1. The molecule has 0 aliphatic heterocycles. The molecule has 1 atom stereocenters. The number of rotatable bonds is 4. The van der Waals surface area contributed by atoms with E-state index in [4.69, 9.17) is 10.7 Å². The molecule has 3 rings (SSSR count). The first kappa shape index (κ1) is 14.1. The molecule has 0 radical (unpaired) electrons. The molecule has 0 bridgehead atoms. The van der Waals surface area contributed by atoms with Crippen molar-refractivity contribution >= 4 is 27.8 Å². The molecule has 0 aliphatic carbocycles. The Balaban J connectivity index is 2.11. The number of nitrogens with two attached hydrogens (primary N) is 1. The van der Waals surface area contributed by atoms with Crippen LogP contribution in [-0.2, 0) is 6.42 Å². The zero-order valence-corrected chi connectivity index (χ0v) is 13.4. The number of hydrogen-bond acceptors (Lipinski definition) is 4. The minimum Gasteiger partial charge on any atom is -0.328 e. The SMILES string of the molecule is Cc1ccccc1N(C)c1nc2sccn2c1CC(C)N. The third-order valence-corrected chi connectivity index (χ3v) is 4.41. The van der Waals surface area contributed by atoms with Crippen molar-refractivity contribution in [3.8, 4) is 0 Å². The second-order valence-electron chi connectivity index (χ2n) is 5.46. The van der Waals surface area contributed by atoms with Gasteiger partial charge in [0.05, 0.1) is 5.69 Å². The van der Waals surface area contributed by atoms with Gasteiger partial charge in [0.1, 0.15) is 0 Å². The third kappa shape index (κ3) is 2.54. The van der Waals surface area contributed by atoms with Crippen LogP contribution in [0.2, 0.25) is 0 Å². The lowest BCUT2D eigenvalue weighted by Crippen LogP contribution is -2.21. The fourth-order valence-electron chi connectivity index (χ4n) is 2.64. The van der Waals surface area contributed by atoms with Crippen LogP contribution in [0.3, 0.4) is 0 Å². The fourth-order valence-corrected chi connectivity index (χ4v) is 3.37. The van der Waals surface area contributed by atoms with Crippen LogP contribution in [-0.4, -0.2) is 22.5 Å². The number of thiazole rings is 1. The van der Waals surface area contributed by atoms with Crippen molar-refractivity contribution in [3.05, 3.63) is 47.1 Å². The summed E-state index contributed by atoms with van der Waals surface area (Å²) in [5.41, 5.74) is 9.61. The van der Waals surface area contributed by atoms with Gasteiger partial charge in [0.2, 0.25) is 0 Å². The Hall–Kier alpha value is -1.85. The van der Waals surface area contributed by atoms with Gasteiger partial charge in [-0.05, 0) is 25.5 Å². The zero-order chi connectivity index (χ0) is 15.0. The molecular formula is C16H20N4S. The van der Waals surface area contributed by atoms with Gasteiger partial charge in [-0.15, -0.1) is 11.3 Å². The van der Waals surface area contributed by atoms with E-state index in [1.807, 2.05) is 6.92 Å². The van der Waals surface area contributed by atoms with E-state index in [2.05, 4.69) is 59.1 Å². The monoisotopic (exact) mass is 300 g/mol. The molecule has 5 heteroatoms. The first-order valence-electron chi connectivity index (χ1n) is 7.07. The molecule has 110 valence electrons. The lowest BCUT2D eigenvalue weighted by Gasteiger charge is -2.21.